The number of nitrogens with two attached hydrogens (primary N) is 1. The molecule has 1 saturated heterocycles. The predicted molar refractivity (Wildman–Crippen MR) is 153 cm³/mol. The SMILES string of the molecule is CC(=O)Nc1cccc(Oc2cc3c(cn2)nc(-c2nonc2N)n3-c2ccc(OCCN3CCCCC3)cc2)c1. The molecule has 1 amide bonds. The second-order valence-electron chi connectivity index (χ2n) is 9.84. The number of aromatic nitrogens is 5. The van der Waals surface area contributed by atoms with Gasteiger partial charge in [-0.3, -0.25) is 14.3 Å². The van der Waals surface area contributed by atoms with Gasteiger partial charge < -0.3 is 20.5 Å². The fourth-order valence-corrected chi connectivity index (χ4v) is 4.92. The summed E-state index contributed by atoms with van der Waals surface area (Å²) in [6.07, 6.45) is 5.44. The number of ether oxygens (including phenoxy) is 2. The zero-order valence-corrected chi connectivity index (χ0v) is 22.6. The minimum atomic E-state index is -0.168. The molecule has 3 aromatic heterocycles. The largest absolute Gasteiger partial charge is 0.492 e. The highest BCUT2D eigenvalue weighted by Gasteiger charge is 2.21. The van der Waals surface area contributed by atoms with Gasteiger partial charge in [0.15, 0.2) is 17.3 Å². The number of carbonyl (C=O) groups excluding carboxylic acids is 1. The van der Waals surface area contributed by atoms with Crippen LogP contribution in [0.2, 0.25) is 0 Å². The minimum absolute atomic E-state index is 0.124. The van der Waals surface area contributed by atoms with E-state index in [4.69, 9.17) is 24.8 Å². The van der Waals surface area contributed by atoms with Gasteiger partial charge >= 0.3 is 0 Å². The van der Waals surface area contributed by atoms with E-state index in [9.17, 15) is 4.79 Å². The number of likely N-dealkylation sites (tertiary alicyclic amines) is 1. The Bertz CT molecular complexity index is 1660. The van der Waals surface area contributed by atoms with E-state index in [-0.39, 0.29) is 11.7 Å². The molecule has 1 aliphatic heterocycles. The van der Waals surface area contributed by atoms with Crippen molar-refractivity contribution in [2.24, 2.45) is 0 Å². The summed E-state index contributed by atoms with van der Waals surface area (Å²) in [6, 6.07) is 16.6. The Hall–Kier alpha value is -4.97. The second-order valence-corrected chi connectivity index (χ2v) is 9.84. The van der Waals surface area contributed by atoms with Gasteiger partial charge in [0.05, 0.1) is 11.7 Å². The number of pyridine rings is 1. The lowest BCUT2D eigenvalue weighted by molar-refractivity contribution is -0.114. The molecule has 12 heteroatoms. The summed E-state index contributed by atoms with van der Waals surface area (Å²) in [6.45, 7) is 5.28. The Labute approximate surface area is 236 Å². The summed E-state index contributed by atoms with van der Waals surface area (Å²) in [5, 5.41) is 10.5. The molecule has 6 rings (SSSR count). The maximum absolute atomic E-state index is 11.5. The normalized spacial score (nSPS) is 13.8. The Morgan fingerprint density at radius 2 is 1.88 bits per heavy atom. The van der Waals surface area contributed by atoms with E-state index in [1.165, 1.54) is 26.2 Å². The molecule has 4 heterocycles. The number of imidazole rings is 1. The molecule has 0 radical (unpaired) electrons. The molecule has 12 nitrogen and oxygen atoms in total. The van der Waals surface area contributed by atoms with Gasteiger partial charge in [0.1, 0.15) is 23.6 Å². The number of nitrogens with one attached hydrogen (secondary N) is 1. The van der Waals surface area contributed by atoms with Crippen LogP contribution in [0.25, 0.3) is 28.2 Å². The van der Waals surface area contributed by atoms with Gasteiger partial charge in [-0.25, -0.2) is 14.6 Å². The third-order valence-corrected chi connectivity index (χ3v) is 6.84. The number of hydrogen-bond acceptors (Lipinski definition) is 10. The molecular weight excluding hydrogens is 524 g/mol. The summed E-state index contributed by atoms with van der Waals surface area (Å²) < 4.78 is 18.8. The lowest BCUT2D eigenvalue weighted by Crippen LogP contribution is -2.33. The minimum Gasteiger partial charge on any atom is -0.492 e. The highest BCUT2D eigenvalue weighted by atomic mass is 16.6. The Balaban J connectivity index is 1.29. The maximum atomic E-state index is 11.5. The first-order valence-electron chi connectivity index (χ1n) is 13.5. The smallest absolute Gasteiger partial charge is 0.221 e. The molecule has 210 valence electrons. The topological polar surface area (TPSA) is 146 Å². The molecule has 0 bridgehead atoms. The Morgan fingerprint density at radius 1 is 1.05 bits per heavy atom. The highest BCUT2D eigenvalue weighted by molar-refractivity contribution is 5.89. The lowest BCUT2D eigenvalue weighted by atomic mass is 10.1. The molecule has 1 aliphatic rings. The molecule has 0 spiro atoms. The van der Waals surface area contributed by atoms with Crippen molar-refractivity contribution in [2.45, 2.75) is 26.2 Å². The molecule has 5 aromatic rings. The molecule has 0 aliphatic carbocycles. The number of nitrogen functional groups attached to an aromatic ring is 1. The molecular formula is C29H30N8O4. The second kappa shape index (κ2) is 11.6. The average molecular weight is 555 g/mol. The molecule has 1 fully saturated rings. The standard InChI is InChI=1S/C29H30N8O4/c1-19(38)32-20-6-5-7-23(16-20)40-26-17-25-24(18-31-26)33-29(27-28(30)35-41-34-27)37(25)21-8-10-22(11-9-21)39-15-14-36-12-3-2-4-13-36/h5-11,16-18H,2-4,12-15H2,1H3,(H2,30,35)(H,32,38). The number of piperidine rings is 1. The van der Waals surface area contributed by atoms with Crippen molar-refractivity contribution in [3.8, 4) is 34.6 Å². The van der Waals surface area contributed by atoms with E-state index in [1.807, 2.05) is 28.8 Å². The average Bonchev–Trinajstić information content (AvgIpc) is 3.56. The van der Waals surface area contributed by atoms with Gasteiger partial charge in [-0.05, 0) is 72.6 Å². The molecule has 0 atom stereocenters. The van der Waals surface area contributed by atoms with Crippen LogP contribution in [0.4, 0.5) is 11.5 Å². The van der Waals surface area contributed by atoms with Crippen molar-refractivity contribution < 1.29 is 18.9 Å². The first-order chi connectivity index (χ1) is 20.0. The van der Waals surface area contributed by atoms with Crippen molar-refractivity contribution in [1.82, 2.24) is 29.7 Å². The number of fused-ring (bicyclic) bond motifs is 1. The molecule has 41 heavy (non-hydrogen) atoms. The zero-order valence-electron chi connectivity index (χ0n) is 22.6. The summed E-state index contributed by atoms with van der Waals surface area (Å²) >= 11 is 0. The first kappa shape index (κ1) is 26.3. The zero-order chi connectivity index (χ0) is 28.2. The van der Waals surface area contributed by atoms with Gasteiger partial charge in [0, 0.05) is 37.0 Å². The van der Waals surface area contributed by atoms with Crippen LogP contribution >= 0.6 is 0 Å². The van der Waals surface area contributed by atoms with E-state index in [1.54, 1.807) is 36.5 Å². The Kier molecular flexibility index (Phi) is 7.46. The number of amides is 1. The Morgan fingerprint density at radius 3 is 2.63 bits per heavy atom. The van der Waals surface area contributed by atoms with Crippen molar-refractivity contribution in [3.05, 3.63) is 60.8 Å². The molecule has 3 N–H and O–H groups in total. The van der Waals surface area contributed by atoms with Crippen LogP contribution in [0, 0.1) is 0 Å². The fourth-order valence-electron chi connectivity index (χ4n) is 4.92. The number of anilines is 2. The van der Waals surface area contributed by atoms with E-state index in [2.05, 4.69) is 25.5 Å². The van der Waals surface area contributed by atoms with Crippen molar-refractivity contribution >= 4 is 28.4 Å². The number of nitrogens with zero attached hydrogens (tertiary/aromatic N) is 6. The van der Waals surface area contributed by atoms with Crippen LogP contribution < -0.4 is 20.5 Å². The number of hydrogen-bond donors (Lipinski definition) is 2. The van der Waals surface area contributed by atoms with Crippen LogP contribution in [-0.2, 0) is 4.79 Å². The van der Waals surface area contributed by atoms with Crippen LogP contribution in [0.3, 0.4) is 0 Å². The monoisotopic (exact) mass is 554 g/mol. The number of benzene rings is 2. The summed E-state index contributed by atoms with van der Waals surface area (Å²) in [4.78, 5) is 23.1. The van der Waals surface area contributed by atoms with Crippen LogP contribution in [0.5, 0.6) is 17.4 Å². The third kappa shape index (κ3) is 5.97. The quantitative estimate of drug-likeness (QED) is 0.263. The number of rotatable bonds is 9. The van der Waals surface area contributed by atoms with Gasteiger partial charge in [0.2, 0.25) is 11.8 Å². The van der Waals surface area contributed by atoms with Gasteiger partial charge in [-0.2, -0.15) is 0 Å². The third-order valence-electron chi connectivity index (χ3n) is 6.84. The maximum Gasteiger partial charge on any atom is 0.221 e. The van der Waals surface area contributed by atoms with Crippen LogP contribution in [0.1, 0.15) is 26.2 Å². The van der Waals surface area contributed by atoms with E-state index in [0.717, 1.165) is 31.1 Å². The van der Waals surface area contributed by atoms with Gasteiger partial charge in [0.25, 0.3) is 0 Å². The highest BCUT2D eigenvalue weighted by Crippen LogP contribution is 2.33. The lowest BCUT2D eigenvalue weighted by Gasteiger charge is -2.26. The molecule has 0 saturated carbocycles. The van der Waals surface area contributed by atoms with Gasteiger partial charge in [-0.1, -0.05) is 12.5 Å². The van der Waals surface area contributed by atoms with E-state index >= 15 is 0 Å². The van der Waals surface area contributed by atoms with Crippen molar-refractivity contribution in [3.63, 3.8) is 0 Å². The molecule has 2 aromatic carbocycles. The van der Waals surface area contributed by atoms with Crippen molar-refractivity contribution in [2.75, 3.05) is 37.3 Å². The molecule has 0 unspecified atom stereocenters. The summed E-state index contributed by atoms with van der Waals surface area (Å²) in [5.74, 6) is 2.05. The summed E-state index contributed by atoms with van der Waals surface area (Å²) in [5.41, 5.74) is 9.10. The summed E-state index contributed by atoms with van der Waals surface area (Å²) in [7, 11) is 0. The van der Waals surface area contributed by atoms with Crippen LogP contribution in [-0.4, -0.2) is 61.9 Å². The van der Waals surface area contributed by atoms with Crippen molar-refractivity contribution in [1.29, 1.82) is 0 Å². The first-order valence-corrected chi connectivity index (χ1v) is 13.5. The van der Waals surface area contributed by atoms with Gasteiger partial charge in [-0.15, -0.1) is 0 Å². The van der Waals surface area contributed by atoms with E-state index < -0.39 is 0 Å². The predicted octanol–water partition coefficient (Wildman–Crippen LogP) is 4.67. The fraction of sp³-hybridized carbons (Fsp3) is 0.276. The number of carbonyl (C=O) groups is 1. The van der Waals surface area contributed by atoms with Crippen LogP contribution in [0.15, 0.2) is 65.4 Å². The van der Waals surface area contributed by atoms with E-state index in [0.29, 0.717) is 46.5 Å².